The van der Waals surface area contributed by atoms with Gasteiger partial charge in [-0.2, -0.15) is 8.42 Å². The SMILES string of the molecule is O=C(c1ccccc1)c1ccc(Oc2ccc(O)c(S(=O)(=O)O)c2)cc1. The molecule has 3 aromatic carbocycles. The highest BCUT2D eigenvalue weighted by Gasteiger charge is 2.17. The lowest BCUT2D eigenvalue weighted by Gasteiger charge is -2.09. The highest BCUT2D eigenvalue weighted by molar-refractivity contribution is 7.86. The summed E-state index contributed by atoms with van der Waals surface area (Å²) in [6.45, 7) is 0. The van der Waals surface area contributed by atoms with E-state index < -0.39 is 20.8 Å². The van der Waals surface area contributed by atoms with Gasteiger partial charge in [0.25, 0.3) is 10.1 Å². The minimum Gasteiger partial charge on any atom is -0.506 e. The van der Waals surface area contributed by atoms with Gasteiger partial charge in [0.1, 0.15) is 22.1 Å². The normalized spacial score (nSPS) is 11.1. The van der Waals surface area contributed by atoms with Crippen LogP contribution in [0.5, 0.6) is 17.2 Å². The molecule has 0 aromatic heterocycles. The summed E-state index contributed by atoms with van der Waals surface area (Å²) in [5.41, 5.74) is 1.05. The Hall–Kier alpha value is -3.16. The predicted molar refractivity (Wildman–Crippen MR) is 94.3 cm³/mol. The molecule has 0 spiro atoms. The zero-order valence-corrected chi connectivity index (χ0v) is 14.2. The van der Waals surface area contributed by atoms with Gasteiger partial charge in [-0.05, 0) is 36.4 Å². The summed E-state index contributed by atoms with van der Waals surface area (Å²) >= 11 is 0. The molecule has 0 amide bonds. The molecule has 0 radical (unpaired) electrons. The summed E-state index contributed by atoms with van der Waals surface area (Å²) < 4.78 is 37.0. The Labute approximate surface area is 150 Å². The second kappa shape index (κ2) is 6.99. The number of carbonyl (C=O) groups excluding carboxylic acids is 1. The predicted octanol–water partition coefficient (Wildman–Crippen LogP) is 3.66. The van der Waals surface area contributed by atoms with Crippen molar-refractivity contribution in [1.82, 2.24) is 0 Å². The summed E-state index contributed by atoms with van der Waals surface area (Å²) in [5.74, 6) is -0.238. The van der Waals surface area contributed by atoms with Crippen LogP contribution in [0.4, 0.5) is 0 Å². The van der Waals surface area contributed by atoms with Crippen LogP contribution in [0.3, 0.4) is 0 Å². The number of hydrogen-bond acceptors (Lipinski definition) is 5. The van der Waals surface area contributed by atoms with Crippen molar-refractivity contribution in [3.63, 3.8) is 0 Å². The molecule has 132 valence electrons. The van der Waals surface area contributed by atoms with Crippen molar-refractivity contribution in [2.45, 2.75) is 4.90 Å². The molecule has 0 bridgehead atoms. The first-order valence-electron chi connectivity index (χ1n) is 7.53. The molecule has 7 heteroatoms. The largest absolute Gasteiger partial charge is 0.506 e. The van der Waals surface area contributed by atoms with Crippen LogP contribution in [0.1, 0.15) is 15.9 Å². The second-order valence-corrected chi connectivity index (χ2v) is 6.82. The molecular formula is C19H14O6S. The van der Waals surface area contributed by atoms with E-state index in [2.05, 4.69) is 0 Å². The maximum absolute atomic E-state index is 12.3. The number of ketones is 1. The Morgan fingerprint density at radius 3 is 2.00 bits per heavy atom. The summed E-state index contributed by atoms with van der Waals surface area (Å²) in [4.78, 5) is 11.7. The topological polar surface area (TPSA) is 101 Å². The second-order valence-electron chi connectivity index (χ2n) is 5.43. The fourth-order valence-corrected chi connectivity index (χ4v) is 2.93. The van der Waals surface area contributed by atoms with Gasteiger partial charge in [-0.1, -0.05) is 30.3 Å². The maximum Gasteiger partial charge on any atom is 0.298 e. The van der Waals surface area contributed by atoms with Gasteiger partial charge in [-0.3, -0.25) is 9.35 Å². The Bertz CT molecular complexity index is 1040. The number of ether oxygens (including phenoxy) is 1. The molecule has 0 heterocycles. The third kappa shape index (κ3) is 3.90. The van der Waals surface area contributed by atoms with Crippen LogP contribution in [-0.2, 0) is 10.1 Å². The number of phenols is 1. The summed E-state index contributed by atoms with van der Waals surface area (Å²) in [7, 11) is -4.57. The van der Waals surface area contributed by atoms with Crippen molar-refractivity contribution >= 4 is 15.9 Å². The van der Waals surface area contributed by atoms with E-state index in [1.54, 1.807) is 48.5 Å². The molecule has 0 saturated heterocycles. The van der Waals surface area contributed by atoms with Crippen molar-refractivity contribution in [3.8, 4) is 17.2 Å². The third-order valence-corrected chi connectivity index (χ3v) is 4.48. The van der Waals surface area contributed by atoms with E-state index in [0.29, 0.717) is 16.9 Å². The highest BCUT2D eigenvalue weighted by atomic mass is 32.2. The fraction of sp³-hybridized carbons (Fsp3) is 0. The number of carbonyl (C=O) groups is 1. The van der Waals surface area contributed by atoms with Crippen molar-refractivity contribution in [2.24, 2.45) is 0 Å². The zero-order chi connectivity index (χ0) is 18.7. The van der Waals surface area contributed by atoms with Crippen molar-refractivity contribution in [2.75, 3.05) is 0 Å². The summed E-state index contributed by atoms with van der Waals surface area (Å²) in [6, 6.07) is 18.6. The van der Waals surface area contributed by atoms with Crippen molar-refractivity contribution < 1.29 is 27.6 Å². The van der Waals surface area contributed by atoms with Crippen LogP contribution in [0.15, 0.2) is 77.7 Å². The average molecular weight is 370 g/mol. The summed E-state index contributed by atoms with van der Waals surface area (Å²) in [6.07, 6.45) is 0. The van der Waals surface area contributed by atoms with E-state index in [-0.39, 0.29) is 11.5 Å². The smallest absolute Gasteiger partial charge is 0.298 e. The van der Waals surface area contributed by atoms with Gasteiger partial charge in [0.15, 0.2) is 5.78 Å². The van der Waals surface area contributed by atoms with Crippen molar-refractivity contribution in [3.05, 3.63) is 83.9 Å². The van der Waals surface area contributed by atoms with Crippen LogP contribution in [0, 0.1) is 0 Å². The Balaban J connectivity index is 1.81. The highest BCUT2D eigenvalue weighted by Crippen LogP contribution is 2.30. The van der Waals surface area contributed by atoms with Gasteiger partial charge in [0.2, 0.25) is 0 Å². The average Bonchev–Trinajstić information content (AvgIpc) is 2.63. The fourth-order valence-electron chi connectivity index (χ4n) is 2.33. The molecule has 0 aliphatic heterocycles. The molecule has 2 N–H and O–H groups in total. The van der Waals surface area contributed by atoms with Gasteiger partial charge in [-0.15, -0.1) is 0 Å². The van der Waals surface area contributed by atoms with Crippen LogP contribution in [0.2, 0.25) is 0 Å². The number of hydrogen-bond donors (Lipinski definition) is 2. The quantitative estimate of drug-likeness (QED) is 0.525. The lowest BCUT2D eigenvalue weighted by molar-refractivity contribution is 0.103. The monoisotopic (exact) mass is 370 g/mol. The maximum atomic E-state index is 12.3. The van der Waals surface area contributed by atoms with E-state index in [4.69, 9.17) is 9.29 Å². The van der Waals surface area contributed by atoms with Crippen LogP contribution in [0.25, 0.3) is 0 Å². The molecule has 3 aromatic rings. The molecule has 0 aliphatic rings. The van der Waals surface area contributed by atoms with Crippen molar-refractivity contribution in [1.29, 1.82) is 0 Å². The number of phenolic OH excluding ortho intramolecular Hbond substituents is 1. The first-order valence-corrected chi connectivity index (χ1v) is 8.97. The Morgan fingerprint density at radius 2 is 1.38 bits per heavy atom. The first-order chi connectivity index (χ1) is 12.3. The molecule has 0 atom stereocenters. The number of aromatic hydroxyl groups is 1. The standard InChI is InChI=1S/C19H14O6S/c20-17-11-10-16(12-18(17)26(22,23)24)25-15-8-6-14(7-9-15)19(21)13-4-2-1-3-5-13/h1-12,20H,(H,22,23,24). The molecule has 0 aliphatic carbocycles. The van der Waals surface area contributed by atoms with Gasteiger partial charge in [0.05, 0.1) is 0 Å². The van der Waals surface area contributed by atoms with Gasteiger partial charge in [-0.25, -0.2) is 0 Å². The summed E-state index contributed by atoms with van der Waals surface area (Å²) in [5, 5.41) is 9.51. The zero-order valence-electron chi connectivity index (χ0n) is 13.4. The third-order valence-electron chi connectivity index (χ3n) is 3.60. The van der Waals surface area contributed by atoms with E-state index in [0.717, 1.165) is 12.1 Å². The Kier molecular flexibility index (Phi) is 4.75. The molecular weight excluding hydrogens is 356 g/mol. The van der Waals surface area contributed by atoms with Gasteiger partial charge < -0.3 is 9.84 Å². The molecule has 0 saturated carbocycles. The molecule has 0 fully saturated rings. The van der Waals surface area contributed by atoms with Crippen LogP contribution < -0.4 is 4.74 Å². The molecule has 3 rings (SSSR count). The molecule has 0 unspecified atom stereocenters. The number of rotatable bonds is 5. The van der Waals surface area contributed by atoms with Gasteiger partial charge in [0, 0.05) is 17.2 Å². The van der Waals surface area contributed by atoms with E-state index >= 15 is 0 Å². The van der Waals surface area contributed by atoms with Crippen LogP contribution in [-0.4, -0.2) is 23.9 Å². The lowest BCUT2D eigenvalue weighted by atomic mass is 10.0. The molecule has 6 nitrogen and oxygen atoms in total. The number of benzene rings is 3. The van der Waals surface area contributed by atoms with E-state index in [9.17, 15) is 18.3 Å². The molecule has 26 heavy (non-hydrogen) atoms. The van der Waals surface area contributed by atoms with Gasteiger partial charge >= 0.3 is 0 Å². The lowest BCUT2D eigenvalue weighted by Crippen LogP contribution is -2.01. The van der Waals surface area contributed by atoms with E-state index in [1.165, 1.54) is 6.07 Å². The minimum absolute atomic E-state index is 0.109. The Morgan fingerprint density at radius 1 is 0.808 bits per heavy atom. The first kappa shape index (κ1) is 17.7. The van der Waals surface area contributed by atoms with Crippen LogP contribution >= 0.6 is 0 Å². The minimum atomic E-state index is -4.57. The van der Waals surface area contributed by atoms with E-state index in [1.807, 2.05) is 6.07 Å².